The van der Waals surface area contributed by atoms with Crippen molar-refractivity contribution in [1.82, 2.24) is 29.2 Å². The van der Waals surface area contributed by atoms with E-state index in [2.05, 4.69) is 24.3 Å². The average Bonchev–Trinajstić information content (AvgIpc) is 3.51. The van der Waals surface area contributed by atoms with Gasteiger partial charge in [0, 0.05) is 39.1 Å². The molecule has 13 heteroatoms. The lowest BCUT2D eigenvalue weighted by Crippen LogP contribution is -2.42. The monoisotopic (exact) mass is 462 g/mol. The van der Waals surface area contributed by atoms with Crippen molar-refractivity contribution in [3.8, 4) is 0 Å². The molecule has 7 nitrogen and oxygen atoms in total. The Bertz CT molecular complexity index is 824. The molecule has 0 aliphatic carbocycles. The predicted octanol–water partition coefficient (Wildman–Crippen LogP) is 3.73. The molecule has 3 saturated heterocycles. The van der Waals surface area contributed by atoms with E-state index in [4.69, 9.17) is 4.84 Å². The van der Waals surface area contributed by atoms with Crippen LogP contribution in [0.5, 0.6) is 0 Å². The van der Waals surface area contributed by atoms with Crippen LogP contribution in [-0.2, 0) is 0 Å². The van der Waals surface area contributed by atoms with Crippen LogP contribution in [0.3, 0.4) is 0 Å². The lowest BCUT2D eigenvalue weighted by Gasteiger charge is -2.34. The van der Waals surface area contributed by atoms with E-state index in [0.29, 0.717) is 0 Å². The molecule has 31 heavy (non-hydrogen) atoms. The molecule has 3 aliphatic heterocycles. The summed E-state index contributed by atoms with van der Waals surface area (Å²) in [5.74, 6) is 0. The minimum Gasteiger partial charge on any atom is -0.418 e. The first-order chi connectivity index (χ1) is 14.9. The molecule has 0 spiro atoms. The molecule has 3 fully saturated rings. The van der Waals surface area contributed by atoms with Crippen LogP contribution in [0.15, 0.2) is 24.3 Å². The van der Waals surface area contributed by atoms with Crippen molar-refractivity contribution < 1.29 is 22.1 Å². The molecule has 0 amide bonds. The third-order valence-corrected chi connectivity index (χ3v) is 8.83. The summed E-state index contributed by atoms with van der Waals surface area (Å²) in [6, 6.07) is 8.02. The van der Waals surface area contributed by atoms with Gasteiger partial charge in [0.1, 0.15) is 11.0 Å². The van der Waals surface area contributed by atoms with Gasteiger partial charge in [-0.05, 0) is 49.5 Å². The minimum atomic E-state index is -6.00. The number of nitrogens with zero attached hydrogens (tertiary/aromatic N) is 6. The molecule has 3 aliphatic rings. The van der Waals surface area contributed by atoms with Crippen LogP contribution in [0, 0.1) is 0 Å². The summed E-state index contributed by atoms with van der Waals surface area (Å²) in [6.07, 6.45) is 7.75. The van der Waals surface area contributed by atoms with Gasteiger partial charge in [0.15, 0.2) is 0 Å². The topological polar surface area (TPSA) is 49.7 Å². The molecule has 1 aromatic carbocycles. The van der Waals surface area contributed by atoms with E-state index in [1.807, 2.05) is 24.3 Å². The Kier molecular flexibility index (Phi) is 7.31. The SMILES string of the molecule is F[B-](F)(F)F.c1ccc2c(c1)nnn2OC1CCCN1[PH+](N1CCCC1)N1CCCC1. The summed E-state index contributed by atoms with van der Waals surface area (Å²) in [4.78, 5) is 8.03. The van der Waals surface area contributed by atoms with Gasteiger partial charge in [-0.1, -0.05) is 17.0 Å². The maximum absolute atomic E-state index is 9.75. The Hall–Kier alpha value is -1.49. The van der Waals surface area contributed by atoms with Crippen LogP contribution in [0.2, 0.25) is 0 Å². The molecule has 0 N–H and O–H groups in total. The van der Waals surface area contributed by atoms with E-state index in [9.17, 15) is 17.3 Å². The second-order valence-corrected chi connectivity index (χ2v) is 10.5. The van der Waals surface area contributed by atoms with Crippen molar-refractivity contribution in [3.05, 3.63) is 24.3 Å². The van der Waals surface area contributed by atoms with Crippen LogP contribution in [0.4, 0.5) is 17.3 Å². The van der Waals surface area contributed by atoms with Crippen molar-refractivity contribution in [2.24, 2.45) is 0 Å². The van der Waals surface area contributed by atoms with Gasteiger partial charge in [0.2, 0.25) is 14.6 Å². The van der Waals surface area contributed by atoms with Crippen molar-refractivity contribution in [3.63, 3.8) is 0 Å². The van der Waals surface area contributed by atoms with Gasteiger partial charge in [-0.15, -0.1) is 9.77 Å². The molecule has 5 rings (SSSR count). The lowest BCUT2D eigenvalue weighted by molar-refractivity contribution is -0.0261. The van der Waals surface area contributed by atoms with E-state index >= 15 is 0 Å². The van der Waals surface area contributed by atoms with Gasteiger partial charge in [0.25, 0.3) is 0 Å². The largest absolute Gasteiger partial charge is 0.673 e. The molecule has 172 valence electrons. The number of benzene rings is 1. The summed E-state index contributed by atoms with van der Waals surface area (Å²) in [7, 11) is -6.87. The summed E-state index contributed by atoms with van der Waals surface area (Å²) < 4.78 is 47.2. The number of aromatic nitrogens is 3. The summed E-state index contributed by atoms with van der Waals surface area (Å²) in [5.41, 5.74) is 1.84. The molecule has 0 bridgehead atoms. The number of halogens is 4. The van der Waals surface area contributed by atoms with Gasteiger partial charge in [0.05, 0.1) is 0 Å². The lowest BCUT2D eigenvalue weighted by atomic mass is 10.3. The highest BCUT2D eigenvalue weighted by Gasteiger charge is 2.47. The molecular formula is C18H28BF4N6OP. The molecular weight excluding hydrogens is 434 g/mol. The fraction of sp³-hybridized carbons (Fsp3) is 0.667. The van der Waals surface area contributed by atoms with E-state index in [1.54, 1.807) is 4.85 Å². The fourth-order valence-electron chi connectivity index (χ4n) is 4.51. The normalized spacial score (nSPS) is 23.6. The Labute approximate surface area is 180 Å². The van der Waals surface area contributed by atoms with Gasteiger partial charge in [-0.3, -0.25) is 0 Å². The van der Waals surface area contributed by atoms with Crippen molar-refractivity contribution in [1.29, 1.82) is 0 Å². The first-order valence-corrected chi connectivity index (χ1v) is 12.2. The number of rotatable bonds is 5. The number of para-hydroxylation sites is 1. The Morgan fingerprint density at radius 2 is 1.45 bits per heavy atom. The second-order valence-electron chi connectivity index (χ2n) is 8.03. The number of fused-ring (bicyclic) bond motifs is 1. The zero-order valence-electron chi connectivity index (χ0n) is 17.3. The molecule has 1 atom stereocenters. The minimum absolute atomic E-state index is 0.107. The summed E-state index contributed by atoms with van der Waals surface area (Å²) in [6.45, 7) is 6.14. The van der Waals surface area contributed by atoms with Gasteiger partial charge in [-0.25, -0.2) is 0 Å². The highest BCUT2D eigenvalue weighted by atomic mass is 31.2. The molecule has 1 unspecified atom stereocenters. The summed E-state index contributed by atoms with van der Waals surface area (Å²) in [5, 5.41) is 8.49. The highest BCUT2D eigenvalue weighted by Crippen LogP contribution is 2.54. The van der Waals surface area contributed by atoms with Crippen molar-refractivity contribution >= 4 is 26.7 Å². The van der Waals surface area contributed by atoms with Crippen molar-refractivity contribution in [2.75, 3.05) is 32.7 Å². The Morgan fingerprint density at radius 1 is 0.871 bits per heavy atom. The van der Waals surface area contributed by atoms with Crippen LogP contribution < -0.4 is 4.84 Å². The maximum atomic E-state index is 9.75. The summed E-state index contributed by atoms with van der Waals surface area (Å²) >= 11 is 0. The standard InChI is InChI=1S/C18H27N6OP.BF4/c1-2-9-17-16(8-1)19-20-24(17)25-18-10-7-15-23(18)26(21-11-3-4-12-21)22-13-5-6-14-22;2-1(3,4)5/h1-2,8-9,18H,3-7,10-15H2;/q;-1/p+1. The smallest absolute Gasteiger partial charge is 0.418 e. The van der Waals surface area contributed by atoms with Crippen LogP contribution in [0.1, 0.15) is 38.5 Å². The Morgan fingerprint density at radius 3 is 2.06 bits per heavy atom. The van der Waals surface area contributed by atoms with Crippen LogP contribution in [0.25, 0.3) is 11.0 Å². The highest BCUT2D eigenvalue weighted by molar-refractivity contribution is 7.50. The van der Waals surface area contributed by atoms with E-state index in [1.165, 1.54) is 58.3 Å². The van der Waals surface area contributed by atoms with Gasteiger partial charge < -0.3 is 22.1 Å². The van der Waals surface area contributed by atoms with Gasteiger partial charge in [-0.2, -0.15) is 9.34 Å². The average molecular weight is 462 g/mol. The van der Waals surface area contributed by atoms with E-state index in [0.717, 1.165) is 24.0 Å². The Balaban J connectivity index is 0.000000418. The molecule has 1 aromatic heterocycles. The maximum Gasteiger partial charge on any atom is 0.673 e. The van der Waals surface area contributed by atoms with E-state index in [-0.39, 0.29) is 6.23 Å². The predicted molar refractivity (Wildman–Crippen MR) is 114 cm³/mol. The molecule has 0 radical (unpaired) electrons. The quantitative estimate of drug-likeness (QED) is 0.384. The molecule has 4 heterocycles. The number of hydrogen-bond donors (Lipinski definition) is 0. The third-order valence-electron chi connectivity index (χ3n) is 5.78. The second kappa shape index (κ2) is 9.98. The zero-order chi connectivity index (χ0) is 21.8. The zero-order valence-corrected chi connectivity index (χ0v) is 18.3. The molecule has 0 saturated carbocycles. The molecule has 2 aromatic rings. The first kappa shape index (κ1) is 22.7. The first-order valence-electron chi connectivity index (χ1n) is 10.9. The van der Waals surface area contributed by atoms with Gasteiger partial charge >= 0.3 is 7.25 Å². The fourth-order valence-corrected chi connectivity index (χ4v) is 7.86. The number of hydrogen-bond acceptors (Lipinski definition) is 6. The van der Waals surface area contributed by atoms with Crippen LogP contribution in [-0.4, -0.2) is 75.4 Å². The van der Waals surface area contributed by atoms with E-state index < -0.39 is 15.6 Å². The third kappa shape index (κ3) is 5.85. The van der Waals surface area contributed by atoms with Crippen LogP contribution >= 0.6 is 8.37 Å². The van der Waals surface area contributed by atoms with Crippen molar-refractivity contribution in [2.45, 2.75) is 44.8 Å².